The number of nitrogens with one attached hydrogen (secondary N) is 1. The fourth-order valence-electron chi connectivity index (χ4n) is 2.11. The molecule has 1 aliphatic heterocycles. The molecule has 0 bridgehead atoms. The maximum Gasteiger partial charge on any atom is 0.270 e. The summed E-state index contributed by atoms with van der Waals surface area (Å²) in [4.78, 5) is 29.6. The van der Waals surface area contributed by atoms with E-state index in [9.17, 15) is 9.59 Å². The monoisotopic (exact) mass is 279 g/mol. The van der Waals surface area contributed by atoms with Crippen molar-refractivity contribution in [1.29, 1.82) is 0 Å². The first-order valence-electron chi connectivity index (χ1n) is 6.27. The molecule has 2 heterocycles. The number of amidine groups is 1. The number of oxime groups is 1. The van der Waals surface area contributed by atoms with E-state index in [1.807, 2.05) is 4.90 Å². The summed E-state index contributed by atoms with van der Waals surface area (Å²) >= 11 is 0. The Morgan fingerprint density at radius 1 is 1.35 bits per heavy atom. The van der Waals surface area contributed by atoms with Crippen molar-refractivity contribution in [3.63, 3.8) is 0 Å². The molecule has 1 aromatic rings. The van der Waals surface area contributed by atoms with Crippen LogP contribution in [0, 0.1) is 0 Å². The minimum atomic E-state index is -0.290. The number of carbonyl (C=O) groups is 1. The third kappa shape index (κ3) is 3.35. The van der Waals surface area contributed by atoms with E-state index in [4.69, 9.17) is 10.9 Å². The van der Waals surface area contributed by atoms with E-state index in [0.717, 1.165) is 0 Å². The fourth-order valence-corrected chi connectivity index (χ4v) is 2.11. The summed E-state index contributed by atoms with van der Waals surface area (Å²) in [6.45, 7) is 2.72. The largest absolute Gasteiger partial charge is 0.409 e. The first kappa shape index (κ1) is 14.1. The van der Waals surface area contributed by atoms with Gasteiger partial charge in [-0.05, 0) is 6.07 Å². The van der Waals surface area contributed by atoms with Crippen molar-refractivity contribution in [3.05, 3.63) is 34.2 Å². The second-order valence-corrected chi connectivity index (χ2v) is 4.59. The van der Waals surface area contributed by atoms with E-state index in [-0.39, 0.29) is 17.3 Å². The average Bonchev–Trinajstić information content (AvgIpc) is 2.47. The summed E-state index contributed by atoms with van der Waals surface area (Å²) in [6.07, 6.45) is 0. The standard InChI is InChI=1S/C12H17N5O3/c13-10(15-20)8-16-4-6-17(7-5-16)12(19)9-2-1-3-11(18)14-9/h1-3,20H,4-8H2,(H2,13,15)(H,14,18). The lowest BCUT2D eigenvalue weighted by molar-refractivity contribution is 0.0647. The first-order valence-corrected chi connectivity index (χ1v) is 6.27. The first-order chi connectivity index (χ1) is 9.60. The van der Waals surface area contributed by atoms with Crippen molar-refractivity contribution in [2.24, 2.45) is 10.9 Å². The molecule has 8 heteroatoms. The quantitative estimate of drug-likeness (QED) is 0.280. The third-order valence-corrected chi connectivity index (χ3v) is 3.17. The van der Waals surface area contributed by atoms with E-state index in [2.05, 4.69) is 10.1 Å². The molecular weight excluding hydrogens is 262 g/mol. The zero-order valence-electron chi connectivity index (χ0n) is 11.0. The van der Waals surface area contributed by atoms with Crippen LogP contribution in [0.2, 0.25) is 0 Å². The lowest BCUT2D eigenvalue weighted by Crippen LogP contribution is -2.50. The fraction of sp³-hybridized carbons (Fsp3) is 0.417. The molecule has 0 spiro atoms. The van der Waals surface area contributed by atoms with Gasteiger partial charge in [-0.1, -0.05) is 11.2 Å². The van der Waals surface area contributed by atoms with Crippen molar-refractivity contribution < 1.29 is 10.0 Å². The van der Waals surface area contributed by atoms with Crippen LogP contribution in [0.3, 0.4) is 0 Å². The van der Waals surface area contributed by atoms with Crippen LogP contribution in [0.15, 0.2) is 28.1 Å². The Balaban J connectivity index is 1.94. The highest BCUT2D eigenvalue weighted by Crippen LogP contribution is 2.06. The van der Waals surface area contributed by atoms with Crippen molar-refractivity contribution in [1.82, 2.24) is 14.8 Å². The molecule has 0 aromatic carbocycles. The number of rotatable bonds is 3. The number of amides is 1. The molecule has 8 nitrogen and oxygen atoms in total. The Morgan fingerprint density at radius 2 is 2.05 bits per heavy atom. The predicted octanol–water partition coefficient (Wildman–Crippen LogP) is -1.12. The van der Waals surface area contributed by atoms with Gasteiger partial charge in [0.2, 0.25) is 5.56 Å². The van der Waals surface area contributed by atoms with E-state index in [0.29, 0.717) is 38.4 Å². The molecule has 0 radical (unpaired) electrons. The molecule has 2 rings (SSSR count). The summed E-state index contributed by atoms with van der Waals surface area (Å²) in [5.41, 5.74) is 5.45. The minimum absolute atomic E-state index is 0.150. The number of hydrogen-bond donors (Lipinski definition) is 3. The van der Waals surface area contributed by atoms with E-state index in [1.54, 1.807) is 17.0 Å². The van der Waals surface area contributed by atoms with Crippen molar-refractivity contribution in [2.45, 2.75) is 0 Å². The molecular formula is C12H17N5O3. The number of aromatic amines is 1. The number of nitrogens with two attached hydrogens (primary N) is 1. The van der Waals surface area contributed by atoms with Crippen LogP contribution < -0.4 is 11.3 Å². The maximum absolute atomic E-state index is 12.2. The Bertz CT molecular complexity index is 560. The molecule has 1 fully saturated rings. The summed E-state index contributed by atoms with van der Waals surface area (Å²) in [7, 11) is 0. The number of carbonyl (C=O) groups excluding carboxylic acids is 1. The van der Waals surface area contributed by atoms with Gasteiger partial charge in [-0.3, -0.25) is 14.5 Å². The molecule has 1 saturated heterocycles. The molecule has 0 aliphatic carbocycles. The molecule has 1 aliphatic rings. The van der Waals surface area contributed by atoms with Gasteiger partial charge in [0.05, 0.1) is 6.54 Å². The highest BCUT2D eigenvalue weighted by Gasteiger charge is 2.22. The van der Waals surface area contributed by atoms with Crippen LogP contribution in [0.1, 0.15) is 10.5 Å². The van der Waals surface area contributed by atoms with Gasteiger partial charge in [0.25, 0.3) is 5.91 Å². The van der Waals surface area contributed by atoms with Gasteiger partial charge in [-0.2, -0.15) is 0 Å². The lowest BCUT2D eigenvalue weighted by atomic mass is 10.2. The number of piperazine rings is 1. The van der Waals surface area contributed by atoms with Crippen LogP contribution in [-0.2, 0) is 0 Å². The van der Waals surface area contributed by atoms with Crippen LogP contribution in [0.25, 0.3) is 0 Å². The molecule has 1 amide bonds. The van der Waals surface area contributed by atoms with Crippen LogP contribution >= 0.6 is 0 Å². The van der Waals surface area contributed by atoms with Gasteiger partial charge in [-0.15, -0.1) is 0 Å². The van der Waals surface area contributed by atoms with E-state index in [1.165, 1.54) is 6.07 Å². The number of H-pyrrole nitrogens is 1. The second-order valence-electron chi connectivity index (χ2n) is 4.59. The molecule has 0 atom stereocenters. The number of pyridine rings is 1. The summed E-state index contributed by atoms with van der Waals surface area (Å²) in [5.74, 6) is -0.0386. The van der Waals surface area contributed by atoms with Crippen molar-refractivity contribution in [2.75, 3.05) is 32.7 Å². The SMILES string of the molecule is N/C(CN1CCN(C(=O)c2cccc(=O)[nH]2)CC1)=N/O. The zero-order chi connectivity index (χ0) is 14.5. The maximum atomic E-state index is 12.2. The normalized spacial score (nSPS) is 17.2. The predicted molar refractivity (Wildman–Crippen MR) is 72.8 cm³/mol. The second kappa shape index (κ2) is 6.20. The smallest absolute Gasteiger partial charge is 0.270 e. The van der Waals surface area contributed by atoms with Gasteiger partial charge in [-0.25, -0.2) is 0 Å². The molecule has 0 unspecified atom stereocenters. The summed E-state index contributed by atoms with van der Waals surface area (Å²) in [6, 6.07) is 4.51. The Morgan fingerprint density at radius 3 is 2.65 bits per heavy atom. The Labute approximate surface area is 115 Å². The van der Waals surface area contributed by atoms with E-state index >= 15 is 0 Å². The average molecular weight is 279 g/mol. The number of aromatic nitrogens is 1. The lowest BCUT2D eigenvalue weighted by Gasteiger charge is -2.34. The topological polar surface area (TPSA) is 115 Å². The number of nitrogens with zero attached hydrogens (tertiary/aromatic N) is 3. The molecule has 1 aromatic heterocycles. The van der Waals surface area contributed by atoms with Crippen LogP contribution in [-0.4, -0.2) is 64.5 Å². The van der Waals surface area contributed by atoms with Gasteiger partial charge in [0.15, 0.2) is 5.84 Å². The molecule has 0 saturated carbocycles. The van der Waals surface area contributed by atoms with Crippen LogP contribution in [0.4, 0.5) is 0 Å². The minimum Gasteiger partial charge on any atom is -0.409 e. The third-order valence-electron chi connectivity index (χ3n) is 3.17. The van der Waals surface area contributed by atoms with Gasteiger partial charge < -0.3 is 20.8 Å². The van der Waals surface area contributed by atoms with Crippen molar-refractivity contribution in [3.8, 4) is 0 Å². The molecule has 4 N–H and O–H groups in total. The van der Waals surface area contributed by atoms with Crippen LogP contribution in [0.5, 0.6) is 0 Å². The summed E-state index contributed by atoms with van der Waals surface area (Å²) < 4.78 is 0. The highest BCUT2D eigenvalue weighted by atomic mass is 16.4. The van der Waals surface area contributed by atoms with E-state index < -0.39 is 0 Å². The van der Waals surface area contributed by atoms with Gasteiger partial charge in [0.1, 0.15) is 5.69 Å². The van der Waals surface area contributed by atoms with Gasteiger partial charge >= 0.3 is 0 Å². The van der Waals surface area contributed by atoms with Gasteiger partial charge in [0, 0.05) is 32.2 Å². The number of hydrogen-bond acceptors (Lipinski definition) is 5. The molecule has 20 heavy (non-hydrogen) atoms. The highest BCUT2D eigenvalue weighted by molar-refractivity contribution is 5.92. The zero-order valence-corrected chi connectivity index (χ0v) is 11.0. The Kier molecular flexibility index (Phi) is 4.36. The Hall–Kier alpha value is -2.35. The van der Waals surface area contributed by atoms with Crippen molar-refractivity contribution >= 4 is 11.7 Å². The molecule has 108 valence electrons. The summed E-state index contributed by atoms with van der Waals surface area (Å²) in [5, 5.41) is 11.4.